The third kappa shape index (κ3) is 5.21. The summed E-state index contributed by atoms with van der Waals surface area (Å²) in [6, 6.07) is 6.22. The Morgan fingerprint density at radius 3 is 2.50 bits per heavy atom. The Hall–Kier alpha value is -1.51. The Bertz CT molecular complexity index is 419. The van der Waals surface area contributed by atoms with Gasteiger partial charge in [0.2, 0.25) is 0 Å². The lowest BCUT2D eigenvalue weighted by molar-refractivity contribution is -0.154. The molecular weight excluding hydrogens is 226 g/mol. The zero-order valence-electron chi connectivity index (χ0n) is 12.0. The van der Waals surface area contributed by atoms with E-state index in [0.29, 0.717) is 13.0 Å². The molecule has 0 bridgehead atoms. The molecule has 0 aliphatic rings. The number of hydrogen-bond donors (Lipinski definition) is 1. The van der Waals surface area contributed by atoms with Gasteiger partial charge in [-0.05, 0) is 46.2 Å². The minimum Gasteiger partial charge on any atom is -0.460 e. The van der Waals surface area contributed by atoms with Crippen molar-refractivity contribution in [2.75, 3.05) is 11.9 Å². The lowest BCUT2D eigenvalue weighted by Gasteiger charge is -2.19. The molecule has 1 N–H and O–H groups in total. The second-order valence-corrected chi connectivity index (χ2v) is 5.58. The van der Waals surface area contributed by atoms with Crippen LogP contribution in [0.25, 0.3) is 0 Å². The van der Waals surface area contributed by atoms with Crippen LogP contribution in [0.3, 0.4) is 0 Å². The SMILES string of the molecule is Cc1ccc(NCCC(=O)OC(C)(C)C)c(C)c1. The van der Waals surface area contributed by atoms with Crippen molar-refractivity contribution in [1.29, 1.82) is 0 Å². The number of carbonyl (C=O) groups is 1. The van der Waals surface area contributed by atoms with Crippen LogP contribution in [0, 0.1) is 13.8 Å². The Balaban J connectivity index is 2.40. The molecule has 0 fully saturated rings. The summed E-state index contributed by atoms with van der Waals surface area (Å²) in [6.07, 6.45) is 0.380. The Labute approximate surface area is 110 Å². The third-order valence-corrected chi connectivity index (χ3v) is 2.45. The first kappa shape index (κ1) is 14.6. The smallest absolute Gasteiger partial charge is 0.308 e. The number of anilines is 1. The number of rotatable bonds is 4. The van der Waals surface area contributed by atoms with E-state index in [1.165, 1.54) is 11.1 Å². The van der Waals surface area contributed by atoms with Crippen molar-refractivity contribution in [3.05, 3.63) is 29.3 Å². The van der Waals surface area contributed by atoms with Crippen LogP contribution < -0.4 is 5.32 Å². The molecule has 3 heteroatoms. The number of aryl methyl sites for hydroxylation is 2. The molecule has 3 nitrogen and oxygen atoms in total. The van der Waals surface area contributed by atoms with Gasteiger partial charge in [-0.2, -0.15) is 0 Å². The monoisotopic (exact) mass is 249 g/mol. The van der Waals surface area contributed by atoms with Gasteiger partial charge in [-0.25, -0.2) is 0 Å². The molecule has 1 aromatic rings. The second-order valence-electron chi connectivity index (χ2n) is 5.58. The van der Waals surface area contributed by atoms with Gasteiger partial charge in [-0.15, -0.1) is 0 Å². The summed E-state index contributed by atoms with van der Waals surface area (Å²) in [6.45, 7) is 10.4. The van der Waals surface area contributed by atoms with Gasteiger partial charge in [0.15, 0.2) is 0 Å². The highest BCUT2D eigenvalue weighted by Crippen LogP contribution is 2.16. The highest BCUT2D eigenvalue weighted by atomic mass is 16.6. The first-order valence-corrected chi connectivity index (χ1v) is 6.31. The Kier molecular flexibility index (Phi) is 4.76. The molecule has 0 radical (unpaired) electrons. The fraction of sp³-hybridized carbons (Fsp3) is 0.533. The lowest BCUT2D eigenvalue weighted by atomic mass is 10.1. The van der Waals surface area contributed by atoms with Crippen molar-refractivity contribution in [2.45, 2.75) is 46.6 Å². The first-order chi connectivity index (χ1) is 8.28. The van der Waals surface area contributed by atoms with Crippen molar-refractivity contribution >= 4 is 11.7 Å². The summed E-state index contributed by atoms with van der Waals surface area (Å²) in [5.74, 6) is -0.167. The van der Waals surface area contributed by atoms with E-state index in [2.05, 4.69) is 31.3 Å². The van der Waals surface area contributed by atoms with Crippen LogP contribution in [0.2, 0.25) is 0 Å². The molecule has 0 spiro atoms. The standard InChI is InChI=1S/C15H23NO2/c1-11-6-7-13(12(2)10-11)16-9-8-14(17)18-15(3,4)5/h6-7,10,16H,8-9H2,1-5H3. The highest BCUT2D eigenvalue weighted by molar-refractivity contribution is 5.70. The maximum Gasteiger partial charge on any atom is 0.308 e. The maximum atomic E-state index is 11.5. The molecular formula is C15H23NO2. The van der Waals surface area contributed by atoms with Crippen LogP contribution in [0.4, 0.5) is 5.69 Å². The molecule has 1 rings (SSSR count). The van der Waals surface area contributed by atoms with Crippen LogP contribution in [0.1, 0.15) is 38.3 Å². The molecule has 1 aromatic carbocycles. The molecule has 0 aromatic heterocycles. The van der Waals surface area contributed by atoms with Crippen LogP contribution in [-0.4, -0.2) is 18.1 Å². The summed E-state index contributed by atoms with van der Waals surface area (Å²) in [7, 11) is 0. The maximum absolute atomic E-state index is 11.5. The van der Waals surface area contributed by atoms with Crippen molar-refractivity contribution in [1.82, 2.24) is 0 Å². The lowest BCUT2D eigenvalue weighted by Crippen LogP contribution is -2.25. The Morgan fingerprint density at radius 1 is 1.28 bits per heavy atom. The fourth-order valence-corrected chi connectivity index (χ4v) is 1.70. The first-order valence-electron chi connectivity index (χ1n) is 6.31. The van der Waals surface area contributed by atoms with Gasteiger partial charge < -0.3 is 10.1 Å². The summed E-state index contributed by atoms with van der Waals surface area (Å²) < 4.78 is 5.25. The van der Waals surface area contributed by atoms with Gasteiger partial charge in [0.1, 0.15) is 5.60 Å². The number of nitrogens with one attached hydrogen (secondary N) is 1. The van der Waals surface area contributed by atoms with Crippen molar-refractivity contribution in [3.63, 3.8) is 0 Å². The number of benzene rings is 1. The van der Waals surface area contributed by atoms with E-state index >= 15 is 0 Å². The zero-order chi connectivity index (χ0) is 13.8. The molecule has 0 amide bonds. The third-order valence-electron chi connectivity index (χ3n) is 2.45. The molecule has 0 saturated heterocycles. The van der Waals surface area contributed by atoms with Crippen LogP contribution >= 0.6 is 0 Å². The molecule has 0 unspecified atom stereocenters. The summed E-state index contributed by atoms with van der Waals surface area (Å²) in [5, 5.41) is 3.26. The summed E-state index contributed by atoms with van der Waals surface area (Å²) in [4.78, 5) is 11.5. The second kappa shape index (κ2) is 5.89. The minimum absolute atomic E-state index is 0.167. The minimum atomic E-state index is -0.406. The average Bonchev–Trinajstić information content (AvgIpc) is 2.18. The van der Waals surface area contributed by atoms with E-state index in [-0.39, 0.29) is 5.97 Å². The predicted octanol–water partition coefficient (Wildman–Crippen LogP) is 3.45. The van der Waals surface area contributed by atoms with Gasteiger partial charge >= 0.3 is 5.97 Å². The number of carbonyl (C=O) groups excluding carboxylic acids is 1. The van der Waals surface area contributed by atoms with Crippen molar-refractivity contribution < 1.29 is 9.53 Å². The van der Waals surface area contributed by atoms with E-state index in [1.807, 2.05) is 26.8 Å². The van der Waals surface area contributed by atoms with E-state index in [1.54, 1.807) is 0 Å². The Morgan fingerprint density at radius 2 is 1.94 bits per heavy atom. The van der Waals surface area contributed by atoms with Crippen molar-refractivity contribution in [2.24, 2.45) is 0 Å². The fourth-order valence-electron chi connectivity index (χ4n) is 1.70. The van der Waals surface area contributed by atoms with Crippen LogP contribution in [-0.2, 0) is 9.53 Å². The topological polar surface area (TPSA) is 38.3 Å². The normalized spacial score (nSPS) is 11.2. The molecule has 0 saturated carbocycles. The van der Waals surface area contributed by atoms with Crippen LogP contribution in [0.5, 0.6) is 0 Å². The van der Waals surface area contributed by atoms with Crippen molar-refractivity contribution in [3.8, 4) is 0 Å². The van der Waals surface area contributed by atoms with Gasteiger partial charge in [0.05, 0.1) is 6.42 Å². The highest BCUT2D eigenvalue weighted by Gasteiger charge is 2.15. The molecule has 100 valence electrons. The van der Waals surface area contributed by atoms with E-state index < -0.39 is 5.60 Å². The van der Waals surface area contributed by atoms with Gasteiger partial charge in [0, 0.05) is 12.2 Å². The van der Waals surface area contributed by atoms with E-state index in [9.17, 15) is 4.79 Å². The van der Waals surface area contributed by atoms with Gasteiger partial charge in [-0.1, -0.05) is 17.7 Å². The molecule has 18 heavy (non-hydrogen) atoms. The van der Waals surface area contributed by atoms with Gasteiger partial charge in [-0.3, -0.25) is 4.79 Å². The van der Waals surface area contributed by atoms with Crippen LogP contribution in [0.15, 0.2) is 18.2 Å². The van der Waals surface area contributed by atoms with E-state index in [0.717, 1.165) is 5.69 Å². The van der Waals surface area contributed by atoms with E-state index in [4.69, 9.17) is 4.74 Å². The summed E-state index contributed by atoms with van der Waals surface area (Å²) in [5.41, 5.74) is 3.10. The molecule has 0 heterocycles. The quantitative estimate of drug-likeness (QED) is 0.831. The predicted molar refractivity (Wildman–Crippen MR) is 74.9 cm³/mol. The molecule has 0 atom stereocenters. The summed E-state index contributed by atoms with van der Waals surface area (Å²) >= 11 is 0. The zero-order valence-corrected chi connectivity index (χ0v) is 12.0. The van der Waals surface area contributed by atoms with Gasteiger partial charge in [0.25, 0.3) is 0 Å². The number of hydrogen-bond acceptors (Lipinski definition) is 3. The number of esters is 1. The number of ether oxygens (including phenoxy) is 1. The molecule has 0 aliphatic carbocycles. The average molecular weight is 249 g/mol. The largest absolute Gasteiger partial charge is 0.460 e. The molecule has 0 aliphatic heterocycles.